The van der Waals surface area contributed by atoms with Crippen molar-refractivity contribution in [3.63, 3.8) is 0 Å². The highest BCUT2D eigenvalue weighted by atomic mass is 16.5. The summed E-state index contributed by atoms with van der Waals surface area (Å²) >= 11 is 0. The number of aliphatic hydroxyl groups excluding tert-OH is 1. The van der Waals surface area contributed by atoms with Gasteiger partial charge in [0.2, 0.25) is 5.90 Å². The molecule has 0 aromatic carbocycles. The first-order valence-electron chi connectivity index (χ1n) is 4.21. The van der Waals surface area contributed by atoms with E-state index in [0.29, 0.717) is 12.5 Å². The first-order valence-corrected chi connectivity index (χ1v) is 4.21. The maximum atomic E-state index is 9.04. The van der Waals surface area contributed by atoms with Crippen molar-refractivity contribution in [1.29, 1.82) is 0 Å². The van der Waals surface area contributed by atoms with Crippen LogP contribution in [0.15, 0.2) is 23.3 Å². The first-order chi connectivity index (χ1) is 6.23. The number of H-pyrrole nitrogens is 1. The number of nitrogens with zero attached hydrogens (tertiary/aromatic N) is 1. The van der Waals surface area contributed by atoms with Crippen LogP contribution in [0.3, 0.4) is 0 Å². The van der Waals surface area contributed by atoms with Crippen molar-refractivity contribution in [3.05, 3.63) is 24.0 Å². The molecule has 0 saturated carbocycles. The minimum absolute atomic E-state index is 0.0111. The van der Waals surface area contributed by atoms with Crippen LogP contribution in [-0.2, 0) is 4.74 Å². The van der Waals surface area contributed by atoms with E-state index in [1.54, 1.807) is 0 Å². The lowest BCUT2D eigenvalue weighted by Crippen LogP contribution is -2.28. The quantitative estimate of drug-likeness (QED) is 0.698. The zero-order valence-corrected chi connectivity index (χ0v) is 7.45. The Labute approximate surface area is 76.3 Å². The van der Waals surface area contributed by atoms with Gasteiger partial charge in [-0.1, -0.05) is 0 Å². The Bertz CT molecular complexity index is 318. The largest absolute Gasteiger partial charge is 0.474 e. The van der Waals surface area contributed by atoms with Crippen LogP contribution < -0.4 is 0 Å². The second kappa shape index (κ2) is 2.88. The molecule has 0 saturated heterocycles. The molecule has 1 atom stereocenters. The van der Waals surface area contributed by atoms with Crippen molar-refractivity contribution in [2.75, 3.05) is 13.2 Å². The van der Waals surface area contributed by atoms with Crippen molar-refractivity contribution >= 4 is 5.90 Å². The van der Waals surface area contributed by atoms with Crippen molar-refractivity contribution in [1.82, 2.24) is 4.98 Å². The molecule has 4 heteroatoms. The summed E-state index contributed by atoms with van der Waals surface area (Å²) in [5.41, 5.74) is 0.387. The normalized spacial score (nSPS) is 27.1. The number of rotatable bonds is 2. The average molecular weight is 180 g/mol. The summed E-state index contributed by atoms with van der Waals surface area (Å²) in [7, 11) is 0. The summed E-state index contributed by atoms with van der Waals surface area (Å²) < 4.78 is 5.36. The predicted octanol–water partition coefficient (Wildman–Crippen LogP) is 0.542. The van der Waals surface area contributed by atoms with Crippen LogP contribution in [0, 0.1) is 0 Å². The number of aliphatic hydroxyl groups is 1. The maximum absolute atomic E-state index is 9.04. The minimum atomic E-state index is -0.472. The van der Waals surface area contributed by atoms with Crippen LogP contribution in [0.2, 0.25) is 0 Å². The first kappa shape index (κ1) is 8.31. The topological polar surface area (TPSA) is 57.6 Å². The molecule has 0 amide bonds. The molecule has 70 valence electrons. The van der Waals surface area contributed by atoms with Gasteiger partial charge in [-0.05, 0) is 19.1 Å². The molecule has 1 aromatic heterocycles. The summed E-state index contributed by atoms with van der Waals surface area (Å²) in [6.07, 6.45) is 1.82. The van der Waals surface area contributed by atoms with E-state index in [9.17, 15) is 0 Å². The van der Waals surface area contributed by atoms with E-state index in [0.717, 1.165) is 5.69 Å². The number of aromatic amines is 1. The average Bonchev–Trinajstić information content (AvgIpc) is 2.73. The summed E-state index contributed by atoms with van der Waals surface area (Å²) in [5.74, 6) is 0.585. The summed E-state index contributed by atoms with van der Waals surface area (Å²) in [5, 5.41) is 9.04. The molecule has 1 aromatic rings. The summed E-state index contributed by atoms with van der Waals surface area (Å²) in [6.45, 7) is 2.32. The summed E-state index contributed by atoms with van der Waals surface area (Å²) in [4.78, 5) is 7.30. The highest BCUT2D eigenvalue weighted by Gasteiger charge is 2.31. The molecular formula is C9H12N2O2. The van der Waals surface area contributed by atoms with Gasteiger partial charge < -0.3 is 14.8 Å². The van der Waals surface area contributed by atoms with Gasteiger partial charge in [-0.25, -0.2) is 4.99 Å². The van der Waals surface area contributed by atoms with E-state index < -0.39 is 5.54 Å². The van der Waals surface area contributed by atoms with Gasteiger partial charge in [0, 0.05) is 6.20 Å². The highest BCUT2D eigenvalue weighted by Crippen LogP contribution is 2.19. The second-order valence-corrected chi connectivity index (χ2v) is 3.44. The standard InChI is InChI=1S/C9H12N2O2/c1-9(5-12)6-13-8(11-9)7-3-2-4-10-7/h2-4,10,12H,5-6H2,1H3/t9-/m1/s1. The number of aliphatic imine (C=N–C) groups is 1. The molecule has 0 radical (unpaired) electrons. The highest BCUT2D eigenvalue weighted by molar-refractivity contribution is 5.93. The number of aromatic nitrogens is 1. The maximum Gasteiger partial charge on any atom is 0.233 e. The Morgan fingerprint density at radius 2 is 2.62 bits per heavy atom. The van der Waals surface area contributed by atoms with E-state index in [1.807, 2.05) is 25.3 Å². The van der Waals surface area contributed by atoms with E-state index in [1.165, 1.54) is 0 Å². The van der Waals surface area contributed by atoms with E-state index >= 15 is 0 Å². The zero-order chi connectivity index (χ0) is 9.31. The molecule has 4 nitrogen and oxygen atoms in total. The molecule has 1 aliphatic rings. The third kappa shape index (κ3) is 1.45. The lowest BCUT2D eigenvalue weighted by molar-refractivity contribution is 0.170. The fourth-order valence-corrected chi connectivity index (χ4v) is 1.22. The molecule has 2 heterocycles. The minimum Gasteiger partial charge on any atom is -0.474 e. The third-order valence-electron chi connectivity index (χ3n) is 2.06. The van der Waals surface area contributed by atoms with Gasteiger partial charge in [-0.15, -0.1) is 0 Å². The number of nitrogens with one attached hydrogen (secondary N) is 1. The number of hydrogen-bond donors (Lipinski definition) is 2. The lowest BCUT2D eigenvalue weighted by Gasteiger charge is -2.12. The van der Waals surface area contributed by atoms with E-state index in [4.69, 9.17) is 9.84 Å². The zero-order valence-electron chi connectivity index (χ0n) is 7.45. The molecule has 2 N–H and O–H groups in total. The summed E-state index contributed by atoms with van der Waals surface area (Å²) in [6, 6.07) is 3.78. The molecular weight excluding hydrogens is 168 g/mol. The second-order valence-electron chi connectivity index (χ2n) is 3.44. The Hall–Kier alpha value is -1.29. The number of hydrogen-bond acceptors (Lipinski definition) is 3. The van der Waals surface area contributed by atoms with Gasteiger partial charge in [0.15, 0.2) is 0 Å². The van der Waals surface area contributed by atoms with Gasteiger partial charge in [-0.2, -0.15) is 0 Å². The van der Waals surface area contributed by atoms with Gasteiger partial charge in [0.1, 0.15) is 17.8 Å². The van der Waals surface area contributed by atoms with Gasteiger partial charge >= 0.3 is 0 Å². The van der Waals surface area contributed by atoms with Gasteiger partial charge in [0.25, 0.3) is 0 Å². The molecule has 2 rings (SSSR count). The number of ether oxygens (including phenoxy) is 1. The predicted molar refractivity (Wildman–Crippen MR) is 48.8 cm³/mol. The Morgan fingerprint density at radius 3 is 3.15 bits per heavy atom. The molecule has 1 aliphatic heterocycles. The van der Waals surface area contributed by atoms with Gasteiger partial charge in [0.05, 0.1) is 6.61 Å². The van der Waals surface area contributed by atoms with Crippen LogP contribution in [0.4, 0.5) is 0 Å². The van der Waals surface area contributed by atoms with Crippen LogP contribution in [-0.4, -0.2) is 34.7 Å². The smallest absolute Gasteiger partial charge is 0.233 e. The van der Waals surface area contributed by atoms with Crippen LogP contribution >= 0.6 is 0 Å². The SMILES string of the molecule is C[C@@]1(CO)COC(c2ccc[nH]2)=N1. The third-order valence-corrected chi connectivity index (χ3v) is 2.06. The molecule has 0 fully saturated rings. The van der Waals surface area contributed by atoms with Crippen molar-refractivity contribution in [2.45, 2.75) is 12.5 Å². The van der Waals surface area contributed by atoms with E-state index in [-0.39, 0.29) is 6.61 Å². The van der Waals surface area contributed by atoms with Gasteiger partial charge in [-0.3, -0.25) is 0 Å². The van der Waals surface area contributed by atoms with Crippen LogP contribution in [0.25, 0.3) is 0 Å². The Balaban J connectivity index is 2.24. The fourth-order valence-electron chi connectivity index (χ4n) is 1.22. The van der Waals surface area contributed by atoms with Crippen molar-refractivity contribution in [2.24, 2.45) is 4.99 Å². The molecule has 13 heavy (non-hydrogen) atoms. The Morgan fingerprint density at radius 1 is 1.77 bits per heavy atom. The Kier molecular flexibility index (Phi) is 1.84. The van der Waals surface area contributed by atoms with Crippen LogP contribution in [0.5, 0.6) is 0 Å². The molecule has 0 unspecified atom stereocenters. The van der Waals surface area contributed by atoms with Crippen molar-refractivity contribution < 1.29 is 9.84 Å². The fraction of sp³-hybridized carbons (Fsp3) is 0.444. The molecule has 0 aliphatic carbocycles. The van der Waals surface area contributed by atoms with Crippen molar-refractivity contribution in [3.8, 4) is 0 Å². The molecule has 0 bridgehead atoms. The lowest BCUT2D eigenvalue weighted by atomic mass is 10.1. The molecule has 0 spiro atoms. The monoisotopic (exact) mass is 180 g/mol. The van der Waals surface area contributed by atoms with Crippen LogP contribution in [0.1, 0.15) is 12.6 Å². The van der Waals surface area contributed by atoms with E-state index in [2.05, 4.69) is 9.98 Å².